The third kappa shape index (κ3) is 4.19. The lowest BCUT2D eigenvalue weighted by molar-refractivity contribution is -0.144. The average molecular weight is 419 g/mol. The van der Waals surface area contributed by atoms with Gasteiger partial charge in [0.2, 0.25) is 0 Å². The van der Waals surface area contributed by atoms with Gasteiger partial charge in [-0.25, -0.2) is 9.78 Å². The van der Waals surface area contributed by atoms with Crippen LogP contribution in [0.5, 0.6) is 0 Å². The predicted octanol–water partition coefficient (Wildman–Crippen LogP) is 0.551. The Bertz CT molecular complexity index is 902. The van der Waals surface area contributed by atoms with Crippen LogP contribution in [0, 0.1) is 0 Å². The Morgan fingerprint density at radius 2 is 2.21 bits per heavy atom. The Balaban J connectivity index is 1.78. The summed E-state index contributed by atoms with van der Waals surface area (Å²) < 4.78 is 0. The van der Waals surface area contributed by atoms with Crippen molar-refractivity contribution in [3.63, 3.8) is 0 Å². The van der Waals surface area contributed by atoms with Gasteiger partial charge in [0.15, 0.2) is 5.71 Å². The second-order valence-corrected chi connectivity index (χ2v) is 7.94. The lowest BCUT2D eigenvalue weighted by atomic mass is 10.1. The fourth-order valence-corrected chi connectivity index (χ4v) is 4.23. The summed E-state index contributed by atoms with van der Waals surface area (Å²) in [5.41, 5.74) is 5.97. The van der Waals surface area contributed by atoms with Gasteiger partial charge in [-0.15, -0.1) is 11.8 Å². The fourth-order valence-electron chi connectivity index (χ4n) is 2.87. The summed E-state index contributed by atoms with van der Waals surface area (Å²) in [6, 6.07) is 3.97. The molecule has 3 rings (SSSR count). The second-order valence-electron chi connectivity index (χ2n) is 6.48. The molecule has 1 aromatic rings. The van der Waals surface area contributed by atoms with Gasteiger partial charge in [-0.3, -0.25) is 9.59 Å². The number of anilines is 1. The number of nitrogens with zero attached hydrogens (tertiary/aromatic N) is 3. The normalized spacial score (nSPS) is 23.6. The molecular weight excluding hydrogens is 398 g/mol. The van der Waals surface area contributed by atoms with Gasteiger partial charge in [-0.05, 0) is 25.5 Å². The number of nitrogens with two attached hydrogens (primary N) is 1. The third-order valence-electron chi connectivity index (χ3n) is 4.35. The van der Waals surface area contributed by atoms with Crippen LogP contribution in [-0.2, 0) is 19.2 Å². The van der Waals surface area contributed by atoms with Crippen LogP contribution in [-0.4, -0.2) is 61.8 Å². The number of thioether (sulfide) groups is 1. The molecule has 2 aliphatic rings. The number of fused-ring (bicyclic) bond motifs is 1. The number of β-lactam (4-membered cyclic amide) rings is 1. The molecule has 1 aromatic heterocycles. The van der Waals surface area contributed by atoms with E-state index in [0.717, 1.165) is 0 Å². The standard InChI is InChI=1S/C18H21N5O5S/c1-3-7-28-22-13(11-5-4-6-12(19)20-11)15(24)21-14-16(25)23-8-10(18(26)27)9(2)29-17(14)23/h4-6,8-9,14,17H,3,7H2,1-2H3,(H2,19,20)(H,21,24)(H,26,27)/t9?,14?,17-/m1/s1. The Hall–Kier alpha value is -3.08. The maximum absolute atomic E-state index is 12.8. The molecule has 2 aliphatic heterocycles. The number of oxime groups is 1. The molecule has 3 atom stereocenters. The minimum atomic E-state index is -1.07. The van der Waals surface area contributed by atoms with E-state index in [1.807, 2.05) is 6.92 Å². The van der Waals surface area contributed by atoms with Gasteiger partial charge >= 0.3 is 5.97 Å². The summed E-state index contributed by atoms with van der Waals surface area (Å²) >= 11 is 1.29. The molecule has 154 valence electrons. The second kappa shape index (κ2) is 8.52. The Morgan fingerprint density at radius 1 is 1.45 bits per heavy atom. The molecular formula is C18H21N5O5S. The van der Waals surface area contributed by atoms with Crippen LogP contribution < -0.4 is 11.1 Å². The SMILES string of the molecule is CCCON=C(C(=O)NC1C(=O)N2C=C(C(=O)O)C(C)S[C@H]12)c1cccc(N)n1. The maximum atomic E-state index is 12.8. The zero-order valence-corrected chi connectivity index (χ0v) is 16.7. The summed E-state index contributed by atoms with van der Waals surface area (Å²) in [4.78, 5) is 47.1. The molecule has 0 aliphatic carbocycles. The predicted molar refractivity (Wildman–Crippen MR) is 107 cm³/mol. The molecule has 1 fully saturated rings. The molecule has 0 radical (unpaired) electrons. The van der Waals surface area contributed by atoms with Crippen LogP contribution in [0.3, 0.4) is 0 Å². The monoisotopic (exact) mass is 419 g/mol. The first-order valence-corrected chi connectivity index (χ1v) is 9.94. The van der Waals surface area contributed by atoms with Crippen molar-refractivity contribution >= 4 is 41.1 Å². The van der Waals surface area contributed by atoms with Crippen molar-refractivity contribution in [3.8, 4) is 0 Å². The highest BCUT2D eigenvalue weighted by Crippen LogP contribution is 2.40. The number of aromatic nitrogens is 1. The molecule has 1 saturated heterocycles. The number of hydrogen-bond donors (Lipinski definition) is 3. The number of carboxylic acid groups (broad SMARTS) is 1. The number of hydrogen-bond acceptors (Lipinski definition) is 8. The van der Waals surface area contributed by atoms with Crippen molar-refractivity contribution < 1.29 is 24.3 Å². The van der Waals surface area contributed by atoms with Crippen molar-refractivity contribution in [2.24, 2.45) is 5.16 Å². The van der Waals surface area contributed by atoms with Crippen molar-refractivity contribution in [1.82, 2.24) is 15.2 Å². The number of carbonyl (C=O) groups is 3. The molecule has 2 amide bonds. The Morgan fingerprint density at radius 3 is 2.86 bits per heavy atom. The summed E-state index contributed by atoms with van der Waals surface area (Å²) in [5, 5.41) is 15.0. The first kappa shape index (κ1) is 20.6. The number of rotatable bonds is 7. The minimum Gasteiger partial charge on any atom is -0.478 e. The number of carbonyl (C=O) groups excluding carboxylic acids is 2. The van der Waals surface area contributed by atoms with Gasteiger partial charge < -0.3 is 25.9 Å². The Kier molecular flexibility index (Phi) is 6.06. The Labute approximate surface area is 171 Å². The highest BCUT2D eigenvalue weighted by Gasteiger charge is 2.51. The van der Waals surface area contributed by atoms with E-state index in [9.17, 15) is 19.5 Å². The van der Waals surface area contributed by atoms with E-state index < -0.39 is 29.2 Å². The molecule has 0 aromatic carbocycles. The zero-order chi connectivity index (χ0) is 21.1. The van der Waals surface area contributed by atoms with Crippen LogP contribution in [0.25, 0.3) is 0 Å². The van der Waals surface area contributed by atoms with E-state index in [1.165, 1.54) is 22.9 Å². The average Bonchev–Trinajstić information content (AvgIpc) is 2.68. The summed E-state index contributed by atoms with van der Waals surface area (Å²) in [6.45, 7) is 3.95. The van der Waals surface area contributed by atoms with Crippen molar-refractivity contribution in [3.05, 3.63) is 35.7 Å². The molecule has 3 heterocycles. The van der Waals surface area contributed by atoms with Gasteiger partial charge in [0, 0.05) is 11.4 Å². The molecule has 11 heteroatoms. The van der Waals surface area contributed by atoms with Crippen molar-refractivity contribution in [1.29, 1.82) is 0 Å². The van der Waals surface area contributed by atoms with E-state index in [-0.39, 0.29) is 28.0 Å². The number of nitrogens with one attached hydrogen (secondary N) is 1. The number of aliphatic carboxylic acids is 1. The van der Waals surface area contributed by atoms with Crippen LogP contribution in [0.2, 0.25) is 0 Å². The van der Waals surface area contributed by atoms with Gasteiger partial charge in [0.05, 0.1) is 5.57 Å². The summed E-state index contributed by atoms with van der Waals surface area (Å²) in [5.74, 6) is -1.87. The quantitative estimate of drug-likeness (QED) is 0.251. The molecule has 4 N–H and O–H groups in total. The highest BCUT2D eigenvalue weighted by molar-refractivity contribution is 8.00. The van der Waals surface area contributed by atoms with E-state index >= 15 is 0 Å². The lowest BCUT2D eigenvalue weighted by Gasteiger charge is -2.48. The topological polar surface area (TPSA) is 147 Å². The molecule has 10 nitrogen and oxygen atoms in total. The first-order chi connectivity index (χ1) is 13.8. The van der Waals surface area contributed by atoms with Crippen molar-refractivity contribution in [2.45, 2.75) is 36.9 Å². The fraction of sp³-hybridized carbons (Fsp3) is 0.389. The summed E-state index contributed by atoms with van der Waals surface area (Å²) in [6.07, 6.45) is 2.03. The largest absolute Gasteiger partial charge is 0.478 e. The minimum absolute atomic E-state index is 0.0902. The number of amides is 2. The molecule has 2 unspecified atom stereocenters. The third-order valence-corrected chi connectivity index (χ3v) is 5.79. The van der Waals surface area contributed by atoms with E-state index in [0.29, 0.717) is 13.0 Å². The van der Waals surface area contributed by atoms with E-state index in [1.54, 1.807) is 25.1 Å². The molecule has 29 heavy (non-hydrogen) atoms. The first-order valence-electron chi connectivity index (χ1n) is 8.99. The summed E-state index contributed by atoms with van der Waals surface area (Å²) in [7, 11) is 0. The number of nitrogen functional groups attached to an aromatic ring is 1. The number of pyridine rings is 1. The van der Waals surface area contributed by atoms with Crippen LogP contribution >= 0.6 is 11.8 Å². The van der Waals surface area contributed by atoms with Gasteiger partial charge in [-0.2, -0.15) is 0 Å². The van der Waals surface area contributed by atoms with E-state index in [2.05, 4.69) is 15.5 Å². The van der Waals surface area contributed by atoms with Gasteiger partial charge in [-0.1, -0.05) is 18.1 Å². The zero-order valence-electron chi connectivity index (χ0n) is 15.9. The molecule has 0 spiro atoms. The molecule has 0 saturated carbocycles. The smallest absolute Gasteiger partial charge is 0.334 e. The van der Waals surface area contributed by atoms with Gasteiger partial charge in [0.25, 0.3) is 11.8 Å². The van der Waals surface area contributed by atoms with Crippen LogP contribution in [0.4, 0.5) is 5.82 Å². The van der Waals surface area contributed by atoms with Crippen LogP contribution in [0.15, 0.2) is 35.1 Å². The number of carboxylic acids is 1. The lowest BCUT2D eigenvalue weighted by Crippen LogP contribution is -2.69. The van der Waals surface area contributed by atoms with Crippen molar-refractivity contribution in [2.75, 3.05) is 12.3 Å². The maximum Gasteiger partial charge on any atom is 0.334 e. The molecule has 0 bridgehead atoms. The van der Waals surface area contributed by atoms with Gasteiger partial charge in [0.1, 0.15) is 29.5 Å². The van der Waals surface area contributed by atoms with E-state index in [4.69, 9.17) is 10.6 Å². The highest BCUT2D eigenvalue weighted by atomic mass is 32.2. The van der Waals surface area contributed by atoms with Crippen LogP contribution in [0.1, 0.15) is 26.0 Å².